The van der Waals surface area contributed by atoms with Crippen molar-refractivity contribution in [2.45, 2.75) is 37.2 Å². The largest absolute Gasteiger partial charge is 0.383 e. The minimum atomic E-state index is -3.32. The fourth-order valence-corrected chi connectivity index (χ4v) is 7.12. The summed E-state index contributed by atoms with van der Waals surface area (Å²) < 4.78 is 25.7. The molecule has 2 atom stereocenters. The molecule has 0 aromatic heterocycles. The first-order valence-corrected chi connectivity index (χ1v) is 13.0. The second-order valence-corrected chi connectivity index (χ2v) is 11.8. The molecule has 2 aromatic carbocycles. The SMILES string of the molecule is CS(=O)(=O)Nc1cccc(C2C3CCC2C[N+](O)(CC2(O)Cc4ccccc4C2)C3)c1. The van der Waals surface area contributed by atoms with Crippen molar-refractivity contribution < 1.29 is 23.4 Å². The van der Waals surface area contributed by atoms with Crippen molar-refractivity contribution in [3.05, 3.63) is 65.2 Å². The Morgan fingerprint density at radius 1 is 1.03 bits per heavy atom. The van der Waals surface area contributed by atoms with Gasteiger partial charge in [-0.15, -0.1) is 0 Å². The fraction of sp³-hybridized carbons (Fsp3) is 0.500. The van der Waals surface area contributed by atoms with Crippen LogP contribution in [-0.4, -0.2) is 54.9 Å². The summed E-state index contributed by atoms with van der Waals surface area (Å²) in [7, 11) is -3.32. The van der Waals surface area contributed by atoms with Gasteiger partial charge >= 0.3 is 0 Å². The van der Waals surface area contributed by atoms with Crippen molar-refractivity contribution >= 4 is 15.7 Å². The number of aliphatic hydroxyl groups is 1. The lowest BCUT2D eigenvalue weighted by atomic mass is 9.79. The Labute approximate surface area is 184 Å². The predicted octanol–water partition coefficient (Wildman–Crippen LogP) is 2.92. The standard InChI is InChI=1S/C24H31N2O4S/c1-31(29,30)25-22-8-4-7-17(11-22)23-20-9-10-21(23)15-26(28,14-20)16-24(27)12-18-5-2-3-6-19(18)13-24/h2-8,11,20-21,23,25,27-28H,9-10,12-16H2,1H3/q+1. The van der Waals surface area contributed by atoms with Gasteiger partial charge in [-0.2, -0.15) is 4.65 Å². The van der Waals surface area contributed by atoms with Gasteiger partial charge in [0, 0.05) is 36.3 Å². The maximum absolute atomic E-state index is 11.6. The first-order valence-electron chi connectivity index (χ1n) is 11.1. The molecular weight excluding hydrogens is 412 g/mol. The number of rotatable bonds is 5. The van der Waals surface area contributed by atoms with E-state index < -0.39 is 15.6 Å². The number of nitrogens with one attached hydrogen (secondary N) is 1. The van der Waals surface area contributed by atoms with Crippen LogP contribution < -0.4 is 4.72 Å². The van der Waals surface area contributed by atoms with Gasteiger partial charge < -0.3 is 5.11 Å². The molecule has 1 saturated carbocycles. The molecular formula is C24H31N2O4S+. The third-order valence-corrected chi connectivity index (χ3v) is 8.00. The second kappa shape index (κ2) is 7.30. The van der Waals surface area contributed by atoms with Crippen LogP contribution in [0.2, 0.25) is 0 Å². The Morgan fingerprint density at radius 3 is 2.23 bits per heavy atom. The van der Waals surface area contributed by atoms with E-state index in [-0.39, 0.29) is 4.65 Å². The Balaban J connectivity index is 1.33. The Morgan fingerprint density at radius 2 is 1.65 bits per heavy atom. The van der Waals surface area contributed by atoms with Gasteiger partial charge in [-0.05, 0) is 41.7 Å². The highest BCUT2D eigenvalue weighted by Gasteiger charge is 2.54. The number of nitrogens with zero attached hydrogens (tertiary/aromatic N) is 1. The lowest BCUT2D eigenvalue weighted by Crippen LogP contribution is -2.61. The molecule has 2 aromatic rings. The number of hydrogen-bond acceptors (Lipinski definition) is 4. The van der Waals surface area contributed by atoms with Gasteiger partial charge in [0.1, 0.15) is 25.2 Å². The highest BCUT2D eigenvalue weighted by Crippen LogP contribution is 2.50. The van der Waals surface area contributed by atoms with Gasteiger partial charge in [0.05, 0.1) is 6.26 Å². The topological polar surface area (TPSA) is 86.6 Å². The number of hydroxylamine groups is 3. The van der Waals surface area contributed by atoms with Crippen LogP contribution in [0.15, 0.2) is 48.5 Å². The minimum absolute atomic E-state index is 0.0718. The number of quaternary nitrogens is 1. The van der Waals surface area contributed by atoms with Crippen molar-refractivity contribution in [2.24, 2.45) is 11.8 Å². The molecule has 1 aliphatic heterocycles. The van der Waals surface area contributed by atoms with E-state index in [1.807, 2.05) is 24.3 Å². The molecule has 2 bridgehead atoms. The number of hydrogen-bond donors (Lipinski definition) is 3. The molecule has 31 heavy (non-hydrogen) atoms. The highest BCUT2D eigenvalue weighted by atomic mass is 32.2. The van der Waals surface area contributed by atoms with E-state index in [9.17, 15) is 18.7 Å². The van der Waals surface area contributed by atoms with Crippen molar-refractivity contribution in [2.75, 3.05) is 30.6 Å². The molecule has 2 fully saturated rings. The summed E-state index contributed by atoms with van der Waals surface area (Å²) in [6.07, 6.45) is 4.47. The molecule has 0 amide bonds. The molecule has 5 rings (SSSR count). The molecule has 0 spiro atoms. The van der Waals surface area contributed by atoms with Crippen LogP contribution in [0.1, 0.15) is 35.4 Å². The van der Waals surface area contributed by atoms with Gasteiger partial charge in [-0.1, -0.05) is 36.4 Å². The smallest absolute Gasteiger partial charge is 0.229 e. The van der Waals surface area contributed by atoms with Gasteiger partial charge in [0.15, 0.2) is 0 Å². The number of fused-ring (bicyclic) bond motifs is 3. The molecule has 7 heteroatoms. The first-order chi connectivity index (χ1) is 14.6. The number of anilines is 1. The Bertz CT molecular complexity index is 1060. The van der Waals surface area contributed by atoms with Crippen LogP contribution in [0.3, 0.4) is 0 Å². The predicted molar refractivity (Wildman–Crippen MR) is 119 cm³/mol. The highest BCUT2D eigenvalue weighted by molar-refractivity contribution is 7.92. The van der Waals surface area contributed by atoms with E-state index in [0.717, 1.165) is 24.7 Å². The van der Waals surface area contributed by atoms with E-state index in [2.05, 4.69) is 22.9 Å². The number of likely N-dealkylation sites (tertiary alicyclic amines) is 1. The average Bonchev–Trinajstić information content (AvgIpc) is 3.13. The molecule has 1 saturated heterocycles. The van der Waals surface area contributed by atoms with Crippen molar-refractivity contribution in [3.63, 3.8) is 0 Å². The summed E-state index contributed by atoms with van der Waals surface area (Å²) in [5.41, 5.74) is 3.20. The van der Waals surface area contributed by atoms with Crippen molar-refractivity contribution in [1.29, 1.82) is 0 Å². The normalized spacial score (nSPS) is 31.4. The molecule has 166 valence electrons. The zero-order valence-electron chi connectivity index (χ0n) is 17.9. The van der Waals surface area contributed by atoms with E-state index in [1.54, 1.807) is 6.07 Å². The van der Waals surface area contributed by atoms with E-state index in [0.29, 0.717) is 55.9 Å². The molecule has 3 N–H and O–H groups in total. The maximum atomic E-state index is 11.6. The van der Waals surface area contributed by atoms with E-state index in [4.69, 9.17) is 0 Å². The zero-order chi connectivity index (χ0) is 21.9. The van der Waals surface area contributed by atoms with E-state index in [1.165, 1.54) is 11.1 Å². The van der Waals surface area contributed by atoms with Gasteiger partial charge in [0.2, 0.25) is 10.0 Å². The molecule has 2 aliphatic carbocycles. The Kier molecular flexibility index (Phi) is 4.93. The van der Waals surface area contributed by atoms with Crippen molar-refractivity contribution in [1.82, 2.24) is 0 Å². The third-order valence-electron chi connectivity index (χ3n) is 7.39. The van der Waals surface area contributed by atoms with Gasteiger partial charge in [0.25, 0.3) is 0 Å². The molecule has 2 unspecified atom stereocenters. The Hall–Kier alpha value is -1.93. The molecule has 3 aliphatic rings. The van der Waals surface area contributed by atoms with Crippen LogP contribution in [0.25, 0.3) is 0 Å². The van der Waals surface area contributed by atoms with E-state index >= 15 is 0 Å². The lowest BCUT2D eigenvalue weighted by Gasteiger charge is -2.44. The maximum Gasteiger partial charge on any atom is 0.229 e. The third kappa shape index (κ3) is 4.24. The molecule has 0 radical (unpaired) electrons. The van der Waals surface area contributed by atoms with Gasteiger partial charge in [-0.25, -0.2) is 13.6 Å². The minimum Gasteiger partial charge on any atom is -0.383 e. The second-order valence-electron chi connectivity index (χ2n) is 10.1. The molecule has 6 nitrogen and oxygen atoms in total. The average molecular weight is 444 g/mol. The number of benzene rings is 2. The number of sulfonamides is 1. The van der Waals surface area contributed by atoms with Crippen LogP contribution in [-0.2, 0) is 22.9 Å². The lowest BCUT2D eigenvalue weighted by molar-refractivity contribution is -1.11. The summed E-state index contributed by atoms with van der Waals surface area (Å²) in [5, 5.41) is 22.8. The zero-order valence-corrected chi connectivity index (χ0v) is 18.7. The first kappa shape index (κ1) is 20.9. The summed E-state index contributed by atoms with van der Waals surface area (Å²) in [4.78, 5) is 0. The van der Waals surface area contributed by atoms with Crippen LogP contribution in [0.5, 0.6) is 0 Å². The summed E-state index contributed by atoms with van der Waals surface area (Å²) >= 11 is 0. The monoisotopic (exact) mass is 443 g/mol. The molecule has 1 heterocycles. The van der Waals surface area contributed by atoms with Crippen LogP contribution in [0.4, 0.5) is 5.69 Å². The summed E-state index contributed by atoms with van der Waals surface area (Å²) in [6.45, 7) is 1.62. The van der Waals surface area contributed by atoms with Crippen LogP contribution >= 0.6 is 0 Å². The fourth-order valence-electron chi connectivity index (χ4n) is 6.56. The summed E-state index contributed by atoms with van der Waals surface area (Å²) in [6, 6.07) is 15.8. The van der Waals surface area contributed by atoms with Gasteiger partial charge in [-0.3, -0.25) is 4.72 Å². The summed E-state index contributed by atoms with van der Waals surface area (Å²) in [5.74, 6) is 0.962. The van der Waals surface area contributed by atoms with Crippen molar-refractivity contribution in [3.8, 4) is 0 Å². The number of piperidine rings is 1. The quantitative estimate of drug-likeness (QED) is 0.620. The van der Waals surface area contributed by atoms with Crippen LogP contribution in [0, 0.1) is 11.8 Å².